The Morgan fingerprint density at radius 1 is 1.04 bits per heavy atom. The van der Waals surface area contributed by atoms with Crippen molar-refractivity contribution in [2.45, 2.75) is 57.5 Å². The standard InChI is InChI=1S/C22H29N3O/c1-3-20-23-12-15(13-24-20)14-25-22-19-7-5-4-6-18(19)21(22)16-8-10-17(26-2)11-9-16/h8-13,18-19,21-22,25H,3-7,14H2,1-2H3/t18?,19?,21-,22-/m0/s1. The van der Waals surface area contributed by atoms with E-state index < -0.39 is 0 Å². The second kappa shape index (κ2) is 7.75. The molecular formula is C22H29N3O. The Labute approximate surface area is 156 Å². The SMILES string of the molecule is CCc1ncc(CN[C@H]2C3CCCCC3[C@@H]2c2ccc(OC)cc2)cn1. The predicted molar refractivity (Wildman–Crippen MR) is 103 cm³/mol. The zero-order chi connectivity index (χ0) is 17.9. The molecule has 4 heteroatoms. The minimum absolute atomic E-state index is 0.555. The van der Waals surface area contributed by atoms with Crippen molar-refractivity contribution in [3.8, 4) is 5.75 Å². The first-order valence-corrected chi connectivity index (χ1v) is 9.97. The molecule has 4 rings (SSSR count). The molecule has 2 aliphatic rings. The van der Waals surface area contributed by atoms with E-state index in [-0.39, 0.29) is 0 Å². The fourth-order valence-corrected chi connectivity index (χ4v) is 4.92. The number of methoxy groups -OCH3 is 1. The monoisotopic (exact) mass is 351 g/mol. The first kappa shape index (κ1) is 17.5. The third-order valence-corrected chi connectivity index (χ3v) is 6.30. The number of hydrogen-bond donors (Lipinski definition) is 1. The first-order valence-electron chi connectivity index (χ1n) is 9.97. The molecule has 0 spiro atoms. The molecule has 2 aliphatic carbocycles. The predicted octanol–water partition coefficient (Wildman–Crippen LogP) is 4.11. The van der Waals surface area contributed by atoms with Crippen LogP contribution < -0.4 is 10.1 Å². The zero-order valence-corrected chi connectivity index (χ0v) is 15.8. The van der Waals surface area contributed by atoms with Crippen molar-refractivity contribution in [3.63, 3.8) is 0 Å². The highest BCUT2D eigenvalue weighted by molar-refractivity contribution is 5.33. The maximum Gasteiger partial charge on any atom is 0.127 e. The number of benzene rings is 1. The van der Waals surface area contributed by atoms with Crippen LogP contribution in [-0.2, 0) is 13.0 Å². The van der Waals surface area contributed by atoms with Gasteiger partial charge in [0.2, 0.25) is 0 Å². The Balaban J connectivity index is 1.47. The molecule has 2 unspecified atom stereocenters. The number of hydrogen-bond acceptors (Lipinski definition) is 4. The molecule has 0 amide bonds. The van der Waals surface area contributed by atoms with Gasteiger partial charge in [0.25, 0.3) is 0 Å². The molecule has 4 atom stereocenters. The summed E-state index contributed by atoms with van der Waals surface area (Å²) in [6.07, 6.45) is 10.3. The number of fused-ring (bicyclic) bond motifs is 1. The fraction of sp³-hybridized carbons (Fsp3) is 0.545. The number of aryl methyl sites for hydroxylation is 1. The van der Waals surface area contributed by atoms with Crippen molar-refractivity contribution < 1.29 is 4.74 Å². The van der Waals surface area contributed by atoms with Gasteiger partial charge in [0.15, 0.2) is 0 Å². The third kappa shape index (κ3) is 3.35. The lowest BCUT2D eigenvalue weighted by Gasteiger charge is -2.55. The molecule has 138 valence electrons. The van der Waals surface area contributed by atoms with Gasteiger partial charge >= 0.3 is 0 Å². The molecule has 26 heavy (non-hydrogen) atoms. The quantitative estimate of drug-likeness (QED) is 0.851. The van der Waals surface area contributed by atoms with Crippen LogP contribution in [0.5, 0.6) is 5.75 Å². The van der Waals surface area contributed by atoms with E-state index >= 15 is 0 Å². The van der Waals surface area contributed by atoms with Gasteiger partial charge in [0.1, 0.15) is 11.6 Å². The van der Waals surface area contributed by atoms with Gasteiger partial charge in [-0.05, 0) is 42.4 Å². The van der Waals surface area contributed by atoms with Crippen molar-refractivity contribution >= 4 is 0 Å². The van der Waals surface area contributed by atoms with Gasteiger partial charge in [-0.15, -0.1) is 0 Å². The maximum absolute atomic E-state index is 5.33. The van der Waals surface area contributed by atoms with Gasteiger partial charge < -0.3 is 10.1 Å². The fourth-order valence-electron chi connectivity index (χ4n) is 4.92. The molecule has 4 nitrogen and oxygen atoms in total. The summed E-state index contributed by atoms with van der Waals surface area (Å²) >= 11 is 0. The highest BCUT2D eigenvalue weighted by Gasteiger charge is 2.50. The van der Waals surface area contributed by atoms with E-state index in [9.17, 15) is 0 Å². The number of rotatable bonds is 6. The summed E-state index contributed by atoms with van der Waals surface area (Å²) < 4.78 is 5.33. The summed E-state index contributed by atoms with van der Waals surface area (Å²) in [5.74, 6) is 4.11. The molecule has 2 fully saturated rings. The lowest BCUT2D eigenvalue weighted by atomic mass is 9.53. The van der Waals surface area contributed by atoms with Crippen LogP contribution in [0.3, 0.4) is 0 Å². The van der Waals surface area contributed by atoms with E-state index in [1.807, 2.05) is 12.4 Å². The van der Waals surface area contributed by atoms with Gasteiger partial charge in [0.05, 0.1) is 7.11 Å². The van der Waals surface area contributed by atoms with Crippen LogP contribution in [0.4, 0.5) is 0 Å². The zero-order valence-electron chi connectivity index (χ0n) is 15.8. The minimum Gasteiger partial charge on any atom is -0.497 e. The number of ether oxygens (including phenoxy) is 1. The summed E-state index contributed by atoms with van der Waals surface area (Å²) in [7, 11) is 1.73. The molecule has 0 bridgehead atoms. The summed E-state index contributed by atoms with van der Waals surface area (Å²) in [6.45, 7) is 2.94. The molecule has 1 aromatic carbocycles. The Hall–Kier alpha value is -1.94. The van der Waals surface area contributed by atoms with E-state index in [4.69, 9.17) is 4.74 Å². The van der Waals surface area contributed by atoms with Gasteiger partial charge in [-0.25, -0.2) is 9.97 Å². The molecule has 0 aliphatic heterocycles. The van der Waals surface area contributed by atoms with E-state index in [2.05, 4.69) is 46.5 Å². The smallest absolute Gasteiger partial charge is 0.127 e. The van der Waals surface area contributed by atoms with Gasteiger partial charge in [0, 0.05) is 42.9 Å². The average molecular weight is 351 g/mol. The normalized spacial score (nSPS) is 27.5. The van der Waals surface area contributed by atoms with Gasteiger partial charge in [-0.1, -0.05) is 31.9 Å². The molecular weight excluding hydrogens is 322 g/mol. The Morgan fingerprint density at radius 2 is 1.73 bits per heavy atom. The molecule has 2 saturated carbocycles. The Bertz CT molecular complexity index is 713. The van der Waals surface area contributed by atoms with Crippen molar-refractivity contribution in [2.75, 3.05) is 7.11 Å². The Morgan fingerprint density at radius 3 is 2.38 bits per heavy atom. The largest absolute Gasteiger partial charge is 0.497 e. The highest BCUT2D eigenvalue weighted by Crippen LogP contribution is 2.54. The second-order valence-corrected chi connectivity index (χ2v) is 7.68. The van der Waals surface area contributed by atoms with Crippen molar-refractivity contribution in [3.05, 3.63) is 53.6 Å². The van der Waals surface area contributed by atoms with Crippen molar-refractivity contribution in [2.24, 2.45) is 11.8 Å². The maximum atomic E-state index is 5.33. The molecule has 1 heterocycles. The van der Waals surface area contributed by atoms with Crippen LogP contribution in [0.25, 0.3) is 0 Å². The number of nitrogens with one attached hydrogen (secondary N) is 1. The molecule has 1 aromatic heterocycles. The summed E-state index contributed by atoms with van der Waals surface area (Å²) in [6, 6.07) is 9.25. The minimum atomic E-state index is 0.555. The van der Waals surface area contributed by atoms with E-state index in [0.717, 1.165) is 36.4 Å². The molecule has 0 radical (unpaired) electrons. The third-order valence-electron chi connectivity index (χ3n) is 6.30. The number of nitrogens with zero attached hydrogens (tertiary/aromatic N) is 2. The van der Waals surface area contributed by atoms with Crippen LogP contribution in [0.1, 0.15) is 55.5 Å². The van der Waals surface area contributed by atoms with E-state index in [1.165, 1.54) is 36.8 Å². The second-order valence-electron chi connectivity index (χ2n) is 7.68. The van der Waals surface area contributed by atoms with Crippen LogP contribution in [0.2, 0.25) is 0 Å². The summed E-state index contributed by atoms with van der Waals surface area (Å²) in [5, 5.41) is 3.84. The lowest BCUT2D eigenvalue weighted by molar-refractivity contribution is 0.0253. The topological polar surface area (TPSA) is 47.0 Å². The summed E-state index contributed by atoms with van der Waals surface area (Å²) in [4.78, 5) is 8.86. The van der Waals surface area contributed by atoms with E-state index in [1.54, 1.807) is 7.11 Å². The van der Waals surface area contributed by atoms with Gasteiger partial charge in [-0.3, -0.25) is 0 Å². The average Bonchev–Trinajstić information content (AvgIpc) is 2.70. The van der Waals surface area contributed by atoms with Crippen molar-refractivity contribution in [1.82, 2.24) is 15.3 Å². The number of aromatic nitrogens is 2. The molecule has 1 N–H and O–H groups in total. The highest BCUT2D eigenvalue weighted by atomic mass is 16.5. The van der Waals surface area contributed by atoms with Crippen molar-refractivity contribution in [1.29, 1.82) is 0 Å². The lowest BCUT2D eigenvalue weighted by Crippen LogP contribution is -2.57. The van der Waals surface area contributed by atoms with E-state index in [0.29, 0.717) is 12.0 Å². The molecule has 0 saturated heterocycles. The summed E-state index contributed by atoms with van der Waals surface area (Å²) in [5.41, 5.74) is 2.62. The first-order chi connectivity index (χ1) is 12.8. The van der Waals surface area contributed by atoms with Crippen LogP contribution in [0.15, 0.2) is 36.7 Å². The Kier molecular flexibility index (Phi) is 5.21. The molecule has 2 aromatic rings. The van der Waals surface area contributed by atoms with Crippen LogP contribution in [0, 0.1) is 11.8 Å². The van der Waals surface area contributed by atoms with Gasteiger partial charge in [-0.2, -0.15) is 0 Å². The van der Waals surface area contributed by atoms with Crippen LogP contribution >= 0.6 is 0 Å². The van der Waals surface area contributed by atoms with Crippen LogP contribution in [-0.4, -0.2) is 23.1 Å².